The Balaban J connectivity index is 1.46. The summed E-state index contributed by atoms with van der Waals surface area (Å²) >= 11 is 0. The summed E-state index contributed by atoms with van der Waals surface area (Å²) in [5.41, 5.74) is 0.281. The Bertz CT molecular complexity index is 1130. The lowest BCUT2D eigenvalue weighted by molar-refractivity contribution is -0.137. The highest BCUT2D eigenvalue weighted by Gasteiger charge is 2.36. The third-order valence-electron chi connectivity index (χ3n) is 6.37. The summed E-state index contributed by atoms with van der Waals surface area (Å²) in [7, 11) is 0. The maximum Gasteiger partial charge on any atom is 0.416 e. The fourth-order valence-electron chi connectivity index (χ4n) is 4.38. The highest BCUT2D eigenvalue weighted by molar-refractivity contribution is 6.11. The van der Waals surface area contributed by atoms with Gasteiger partial charge in [0.05, 0.1) is 23.0 Å². The molecule has 2 aliphatic rings. The SMILES string of the molecule is Cc1cc(N2CCN(C(C)C(=O)N3CC(=O)Nc4cc(C(F)(F)F)ccc43)CC2)nc(C(C)C)n1. The summed E-state index contributed by atoms with van der Waals surface area (Å²) in [5, 5.41) is 2.45. The molecule has 0 radical (unpaired) electrons. The molecule has 1 atom stereocenters. The van der Waals surface area contributed by atoms with E-state index < -0.39 is 23.7 Å². The molecule has 1 aromatic heterocycles. The molecule has 11 heteroatoms. The van der Waals surface area contributed by atoms with Gasteiger partial charge in [-0.15, -0.1) is 0 Å². The maximum atomic E-state index is 13.4. The Kier molecular flexibility index (Phi) is 6.72. The largest absolute Gasteiger partial charge is 0.416 e. The average Bonchev–Trinajstić information content (AvgIpc) is 2.81. The summed E-state index contributed by atoms with van der Waals surface area (Å²) in [6.07, 6.45) is -4.54. The van der Waals surface area contributed by atoms with Crippen molar-refractivity contribution in [3.8, 4) is 0 Å². The molecular weight excluding hydrogens is 461 g/mol. The zero-order valence-corrected chi connectivity index (χ0v) is 20.2. The highest BCUT2D eigenvalue weighted by Crippen LogP contribution is 2.37. The molecule has 1 saturated heterocycles. The van der Waals surface area contributed by atoms with Gasteiger partial charge in [0, 0.05) is 43.9 Å². The summed E-state index contributed by atoms with van der Waals surface area (Å²) in [4.78, 5) is 40.2. The number of aryl methyl sites for hydroxylation is 1. The minimum atomic E-state index is -4.54. The number of alkyl halides is 3. The van der Waals surface area contributed by atoms with Crippen molar-refractivity contribution in [1.82, 2.24) is 14.9 Å². The molecule has 0 spiro atoms. The van der Waals surface area contributed by atoms with E-state index in [1.54, 1.807) is 6.92 Å². The summed E-state index contributed by atoms with van der Waals surface area (Å²) in [6, 6.07) is 4.44. The van der Waals surface area contributed by atoms with Gasteiger partial charge in [0.25, 0.3) is 0 Å². The molecule has 0 bridgehead atoms. The second kappa shape index (κ2) is 9.44. The van der Waals surface area contributed by atoms with Crippen molar-refractivity contribution in [2.45, 2.75) is 45.8 Å². The van der Waals surface area contributed by atoms with Crippen LogP contribution >= 0.6 is 0 Å². The predicted molar refractivity (Wildman–Crippen MR) is 127 cm³/mol. The fourth-order valence-corrected chi connectivity index (χ4v) is 4.38. The van der Waals surface area contributed by atoms with E-state index in [9.17, 15) is 22.8 Å². The number of fused-ring (bicyclic) bond motifs is 1. The van der Waals surface area contributed by atoms with Crippen LogP contribution in [-0.2, 0) is 15.8 Å². The molecule has 1 unspecified atom stereocenters. The van der Waals surface area contributed by atoms with Crippen molar-refractivity contribution in [3.63, 3.8) is 0 Å². The molecule has 2 amide bonds. The molecule has 2 aliphatic heterocycles. The second-order valence-electron chi connectivity index (χ2n) is 9.28. The van der Waals surface area contributed by atoms with Crippen molar-refractivity contribution in [1.29, 1.82) is 0 Å². The number of aromatic nitrogens is 2. The summed E-state index contributed by atoms with van der Waals surface area (Å²) in [5.74, 6) is 1.02. The number of halogens is 3. The number of hydrogen-bond donors (Lipinski definition) is 1. The van der Waals surface area contributed by atoms with Crippen LogP contribution in [0.2, 0.25) is 0 Å². The highest BCUT2D eigenvalue weighted by atomic mass is 19.4. The first-order chi connectivity index (χ1) is 16.4. The Labute approximate surface area is 202 Å². The number of amides is 2. The van der Waals surface area contributed by atoms with Gasteiger partial charge in [-0.3, -0.25) is 19.4 Å². The minimum Gasteiger partial charge on any atom is -0.354 e. The fraction of sp³-hybridized carbons (Fsp3) is 0.500. The third kappa shape index (κ3) is 5.24. The summed E-state index contributed by atoms with van der Waals surface area (Å²) < 4.78 is 39.3. The molecule has 0 aliphatic carbocycles. The second-order valence-corrected chi connectivity index (χ2v) is 9.28. The molecule has 2 aromatic rings. The van der Waals surface area contributed by atoms with Crippen LogP contribution in [-0.4, -0.2) is 65.4 Å². The van der Waals surface area contributed by atoms with Crippen molar-refractivity contribution < 1.29 is 22.8 Å². The van der Waals surface area contributed by atoms with Gasteiger partial charge in [-0.05, 0) is 32.0 Å². The average molecular weight is 491 g/mol. The van der Waals surface area contributed by atoms with E-state index in [0.717, 1.165) is 29.5 Å². The Morgan fingerprint density at radius 2 is 1.74 bits per heavy atom. The van der Waals surface area contributed by atoms with Gasteiger partial charge < -0.3 is 10.2 Å². The summed E-state index contributed by atoms with van der Waals surface area (Å²) in [6.45, 7) is 10.1. The van der Waals surface area contributed by atoms with Gasteiger partial charge in [0.2, 0.25) is 11.8 Å². The van der Waals surface area contributed by atoms with Crippen LogP contribution in [0.25, 0.3) is 0 Å². The molecule has 0 saturated carbocycles. The molecule has 3 heterocycles. The lowest BCUT2D eigenvalue weighted by Gasteiger charge is -2.40. The van der Waals surface area contributed by atoms with E-state index in [1.807, 2.05) is 31.7 Å². The quantitative estimate of drug-likeness (QED) is 0.708. The smallest absolute Gasteiger partial charge is 0.354 e. The first kappa shape index (κ1) is 24.9. The first-order valence-electron chi connectivity index (χ1n) is 11.6. The van der Waals surface area contributed by atoms with E-state index in [2.05, 4.69) is 20.2 Å². The molecule has 35 heavy (non-hydrogen) atoms. The number of carbonyl (C=O) groups excluding carboxylic acids is 2. The lowest BCUT2D eigenvalue weighted by atomic mass is 10.1. The van der Waals surface area contributed by atoms with E-state index in [4.69, 9.17) is 0 Å². The molecule has 1 fully saturated rings. The number of hydrogen-bond acceptors (Lipinski definition) is 6. The molecule has 1 aromatic carbocycles. The predicted octanol–water partition coefficient (Wildman–Crippen LogP) is 3.42. The monoisotopic (exact) mass is 490 g/mol. The number of piperazine rings is 1. The molecule has 1 N–H and O–H groups in total. The van der Waals surface area contributed by atoms with Gasteiger partial charge in [-0.1, -0.05) is 13.8 Å². The van der Waals surface area contributed by atoms with E-state index in [0.29, 0.717) is 26.2 Å². The van der Waals surface area contributed by atoms with Crippen LogP contribution in [0.15, 0.2) is 24.3 Å². The Morgan fingerprint density at radius 1 is 1.06 bits per heavy atom. The van der Waals surface area contributed by atoms with Gasteiger partial charge >= 0.3 is 6.18 Å². The van der Waals surface area contributed by atoms with Crippen molar-refractivity contribution in [2.24, 2.45) is 0 Å². The zero-order chi connectivity index (χ0) is 25.5. The standard InChI is InChI=1S/C24H29F3N6O2/c1-14(2)22-28-15(3)11-20(30-22)32-9-7-31(8-10-32)16(4)23(35)33-13-21(34)29-18-12-17(24(25,26)27)5-6-19(18)33/h5-6,11-12,14,16H,7-10,13H2,1-4H3,(H,29,34). The van der Waals surface area contributed by atoms with E-state index >= 15 is 0 Å². The van der Waals surface area contributed by atoms with Crippen LogP contribution in [0.4, 0.5) is 30.4 Å². The molecule has 4 rings (SSSR count). The van der Waals surface area contributed by atoms with Crippen LogP contribution < -0.4 is 15.1 Å². The number of nitrogens with zero attached hydrogens (tertiary/aromatic N) is 5. The minimum absolute atomic E-state index is 0.0125. The number of nitrogens with one attached hydrogen (secondary N) is 1. The normalized spacial score (nSPS) is 17.9. The first-order valence-corrected chi connectivity index (χ1v) is 11.6. The Morgan fingerprint density at radius 3 is 2.37 bits per heavy atom. The molecule has 188 valence electrons. The van der Waals surface area contributed by atoms with Crippen molar-refractivity contribution in [3.05, 3.63) is 41.3 Å². The van der Waals surface area contributed by atoms with Crippen molar-refractivity contribution >= 4 is 29.0 Å². The van der Waals surface area contributed by atoms with Crippen molar-refractivity contribution in [2.75, 3.05) is 47.8 Å². The number of anilines is 3. The number of carbonyl (C=O) groups is 2. The molecular formula is C24H29F3N6O2. The van der Waals surface area contributed by atoms with Crippen LogP contribution in [0.3, 0.4) is 0 Å². The van der Waals surface area contributed by atoms with Gasteiger partial charge in [-0.25, -0.2) is 9.97 Å². The topological polar surface area (TPSA) is 81.7 Å². The number of benzene rings is 1. The third-order valence-corrected chi connectivity index (χ3v) is 6.37. The van der Waals surface area contributed by atoms with Gasteiger partial charge in [0.1, 0.15) is 18.2 Å². The maximum absolute atomic E-state index is 13.4. The van der Waals surface area contributed by atoms with Gasteiger partial charge in [-0.2, -0.15) is 13.2 Å². The lowest BCUT2D eigenvalue weighted by Crippen LogP contribution is -2.56. The van der Waals surface area contributed by atoms with Gasteiger partial charge in [0.15, 0.2) is 0 Å². The van der Waals surface area contributed by atoms with Crippen LogP contribution in [0.5, 0.6) is 0 Å². The number of rotatable bonds is 4. The van der Waals surface area contributed by atoms with Crippen LogP contribution in [0, 0.1) is 6.92 Å². The molecule has 8 nitrogen and oxygen atoms in total. The zero-order valence-electron chi connectivity index (χ0n) is 20.2. The Hall–Kier alpha value is -3.21. The van der Waals surface area contributed by atoms with E-state index in [-0.39, 0.29) is 29.7 Å². The van der Waals surface area contributed by atoms with Crippen LogP contribution in [0.1, 0.15) is 43.8 Å². The van der Waals surface area contributed by atoms with E-state index in [1.165, 1.54) is 11.0 Å².